The summed E-state index contributed by atoms with van der Waals surface area (Å²) < 4.78 is 10.9. The number of hydrogen-bond acceptors (Lipinski definition) is 4. The summed E-state index contributed by atoms with van der Waals surface area (Å²) in [4.78, 5) is 25.2. The maximum atomic E-state index is 12.0. The average molecular weight is 377 g/mol. The molecule has 0 aliphatic heterocycles. The molecule has 0 aromatic heterocycles. The van der Waals surface area contributed by atoms with Crippen molar-refractivity contribution in [3.05, 3.63) is 59.6 Å². The lowest BCUT2D eigenvalue weighted by Gasteiger charge is -2.18. The molecule has 0 aliphatic carbocycles. The van der Waals surface area contributed by atoms with Gasteiger partial charge in [0, 0.05) is 12.1 Å². The molecule has 0 radical (unpaired) electrons. The third-order valence-electron chi connectivity index (χ3n) is 3.48. The molecule has 0 heterocycles. The summed E-state index contributed by atoms with van der Waals surface area (Å²) in [7, 11) is 1.65. The van der Waals surface area contributed by atoms with Gasteiger partial charge in [0.2, 0.25) is 5.91 Å². The highest BCUT2D eigenvalue weighted by atomic mass is 35.5. The van der Waals surface area contributed by atoms with Crippen molar-refractivity contribution in [2.24, 2.45) is 0 Å². The van der Waals surface area contributed by atoms with Crippen LogP contribution in [0.3, 0.4) is 0 Å². The van der Waals surface area contributed by atoms with Crippen molar-refractivity contribution in [3.63, 3.8) is 0 Å². The normalized spacial score (nSPS) is 10.1. The Kier molecular flexibility index (Phi) is 7.76. The van der Waals surface area contributed by atoms with Gasteiger partial charge < -0.3 is 19.7 Å². The molecule has 138 valence electrons. The highest BCUT2D eigenvalue weighted by Crippen LogP contribution is 2.15. The van der Waals surface area contributed by atoms with Crippen LogP contribution >= 0.6 is 11.6 Å². The minimum absolute atomic E-state index is 0.0889. The molecule has 2 amide bonds. The van der Waals surface area contributed by atoms with Crippen molar-refractivity contribution in [2.75, 3.05) is 33.4 Å². The minimum Gasteiger partial charge on any atom is -0.492 e. The summed E-state index contributed by atoms with van der Waals surface area (Å²) in [6, 6.07) is 16.0. The van der Waals surface area contributed by atoms with E-state index in [1.165, 1.54) is 4.90 Å². The van der Waals surface area contributed by atoms with E-state index < -0.39 is 0 Å². The van der Waals surface area contributed by atoms with E-state index >= 15 is 0 Å². The zero-order valence-corrected chi connectivity index (χ0v) is 15.2. The summed E-state index contributed by atoms with van der Waals surface area (Å²) in [5.74, 6) is 0.720. The first-order chi connectivity index (χ1) is 12.5. The van der Waals surface area contributed by atoms with Crippen LogP contribution in [0.15, 0.2) is 54.6 Å². The Morgan fingerprint density at radius 3 is 2.35 bits per heavy atom. The third-order valence-corrected chi connectivity index (χ3v) is 3.74. The lowest BCUT2D eigenvalue weighted by molar-refractivity contribution is -0.132. The number of carbonyl (C=O) groups is 2. The summed E-state index contributed by atoms with van der Waals surface area (Å²) in [6.45, 7) is 0.516. The van der Waals surface area contributed by atoms with Gasteiger partial charge in [-0.05, 0) is 36.4 Å². The van der Waals surface area contributed by atoms with Crippen molar-refractivity contribution in [3.8, 4) is 11.5 Å². The molecule has 1 N–H and O–H groups in total. The molecule has 0 spiro atoms. The van der Waals surface area contributed by atoms with E-state index in [2.05, 4.69) is 5.32 Å². The van der Waals surface area contributed by atoms with E-state index in [-0.39, 0.29) is 25.0 Å². The van der Waals surface area contributed by atoms with E-state index in [0.29, 0.717) is 29.7 Å². The van der Waals surface area contributed by atoms with Gasteiger partial charge >= 0.3 is 0 Å². The van der Waals surface area contributed by atoms with Gasteiger partial charge in [0.15, 0.2) is 6.61 Å². The monoisotopic (exact) mass is 376 g/mol. The SMILES string of the molecule is CN(CCOc1ccc(Cl)cc1)C(=O)CNC(=O)COc1ccccc1. The van der Waals surface area contributed by atoms with E-state index in [9.17, 15) is 9.59 Å². The fourth-order valence-corrected chi connectivity index (χ4v) is 2.11. The van der Waals surface area contributed by atoms with Crippen LogP contribution in [0.2, 0.25) is 5.02 Å². The number of likely N-dealkylation sites (N-methyl/N-ethyl adjacent to an activating group) is 1. The van der Waals surface area contributed by atoms with Gasteiger partial charge in [0.25, 0.3) is 5.91 Å². The van der Waals surface area contributed by atoms with Gasteiger partial charge in [0.1, 0.15) is 18.1 Å². The first-order valence-corrected chi connectivity index (χ1v) is 8.49. The number of carbonyl (C=O) groups excluding carboxylic acids is 2. The van der Waals surface area contributed by atoms with E-state index in [1.54, 1.807) is 43.4 Å². The van der Waals surface area contributed by atoms with E-state index in [0.717, 1.165) is 0 Å². The Morgan fingerprint density at radius 1 is 1.00 bits per heavy atom. The van der Waals surface area contributed by atoms with Gasteiger partial charge in [-0.1, -0.05) is 29.8 Å². The summed E-state index contributed by atoms with van der Waals surface area (Å²) in [6.07, 6.45) is 0. The van der Waals surface area contributed by atoms with Crippen LogP contribution in [-0.4, -0.2) is 50.1 Å². The molecule has 26 heavy (non-hydrogen) atoms. The van der Waals surface area contributed by atoms with Crippen LogP contribution in [-0.2, 0) is 9.59 Å². The molecule has 0 bridgehead atoms. The molecule has 0 saturated carbocycles. The number of nitrogens with one attached hydrogen (secondary N) is 1. The van der Waals surface area contributed by atoms with Crippen LogP contribution in [0, 0.1) is 0 Å². The van der Waals surface area contributed by atoms with Crippen LogP contribution in [0.4, 0.5) is 0 Å². The highest BCUT2D eigenvalue weighted by Gasteiger charge is 2.11. The summed E-state index contributed by atoms with van der Waals surface area (Å²) in [5.41, 5.74) is 0. The minimum atomic E-state index is -0.354. The quantitative estimate of drug-likeness (QED) is 0.729. The summed E-state index contributed by atoms with van der Waals surface area (Å²) in [5, 5.41) is 3.17. The van der Waals surface area contributed by atoms with Gasteiger partial charge in [-0.2, -0.15) is 0 Å². The molecular formula is C19H21ClN2O4. The second-order valence-corrected chi connectivity index (χ2v) is 5.93. The molecular weight excluding hydrogens is 356 g/mol. The molecule has 0 atom stereocenters. The third kappa shape index (κ3) is 7.03. The van der Waals surface area contributed by atoms with Gasteiger partial charge in [0.05, 0.1) is 13.1 Å². The smallest absolute Gasteiger partial charge is 0.258 e. The van der Waals surface area contributed by atoms with Crippen molar-refractivity contribution in [1.82, 2.24) is 10.2 Å². The van der Waals surface area contributed by atoms with Crippen LogP contribution in [0.25, 0.3) is 0 Å². The van der Waals surface area contributed by atoms with Crippen LogP contribution < -0.4 is 14.8 Å². The maximum Gasteiger partial charge on any atom is 0.258 e. The Bertz CT molecular complexity index is 707. The van der Waals surface area contributed by atoms with Gasteiger partial charge in [-0.15, -0.1) is 0 Å². The molecule has 0 unspecified atom stereocenters. The van der Waals surface area contributed by atoms with Crippen LogP contribution in [0.1, 0.15) is 0 Å². The Balaban J connectivity index is 1.61. The highest BCUT2D eigenvalue weighted by molar-refractivity contribution is 6.30. The summed E-state index contributed by atoms with van der Waals surface area (Å²) >= 11 is 5.80. The predicted molar refractivity (Wildman–Crippen MR) is 99.5 cm³/mol. The topological polar surface area (TPSA) is 67.9 Å². The first-order valence-electron chi connectivity index (χ1n) is 8.11. The number of hydrogen-bond donors (Lipinski definition) is 1. The largest absolute Gasteiger partial charge is 0.492 e. The number of benzene rings is 2. The van der Waals surface area contributed by atoms with Crippen molar-refractivity contribution in [1.29, 1.82) is 0 Å². The van der Waals surface area contributed by atoms with Crippen molar-refractivity contribution in [2.45, 2.75) is 0 Å². The first kappa shape index (κ1) is 19.6. The molecule has 6 nitrogen and oxygen atoms in total. The fourth-order valence-electron chi connectivity index (χ4n) is 1.98. The zero-order valence-electron chi connectivity index (χ0n) is 14.5. The standard InChI is InChI=1S/C19H21ClN2O4/c1-22(11-12-25-17-9-7-15(20)8-10-17)19(24)13-21-18(23)14-26-16-5-3-2-4-6-16/h2-10H,11-14H2,1H3,(H,21,23). The van der Waals surface area contributed by atoms with Crippen LogP contribution in [0.5, 0.6) is 11.5 Å². The van der Waals surface area contributed by atoms with Crippen molar-refractivity contribution >= 4 is 23.4 Å². The average Bonchev–Trinajstić information content (AvgIpc) is 2.66. The lowest BCUT2D eigenvalue weighted by atomic mass is 10.3. The Labute approximate surface area is 157 Å². The Morgan fingerprint density at radius 2 is 1.65 bits per heavy atom. The molecule has 0 aliphatic rings. The van der Waals surface area contributed by atoms with Gasteiger partial charge in [-0.3, -0.25) is 9.59 Å². The van der Waals surface area contributed by atoms with E-state index in [1.807, 2.05) is 18.2 Å². The molecule has 0 fully saturated rings. The van der Waals surface area contributed by atoms with Crippen molar-refractivity contribution < 1.29 is 19.1 Å². The second-order valence-electron chi connectivity index (χ2n) is 5.50. The predicted octanol–water partition coefficient (Wildman–Crippen LogP) is 2.37. The molecule has 2 aromatic rings. The zero-order chi connectivity index (χ0) is 18.8. The molecule has 2 rings (SSSR count). The number of rotatable bonds is 9. The number of nitrogens with zero attached hydrogens (tertiary/aromatic N) is 1. The maximum absolute atomic E-state index is 12.0. The molecule has 7 heteroatoms. The second kappa shape index (κ2) is 10.3. The fraction of sp³-hybridized carbons (Fsp3) is 0.263. The number of amides is 2. The number of halogens is 1. The number of para-hydroxylation sites is 1. The molecule has 0 saturated heterocycles. The molecule has 2 aromatic carbocycles. The van der Waals surface area contributed by atoms with Gasteiger partial charge in [-0.25, -0.2) is 0 Å². The number of ether oxygens (including phenoxy) is 2. The lowest BCUT2D eigenvalue weighted by Crippen LogP contribution is -2.41. The van der Waals surface area contributed by atoms with E-state index in [4.69, 9.17) is 21.1 Å². The Hall–Kier alpha value is -2.73.